The van der Waals surface area contributed by atoms with E-state index in [9.17, 15) is 9.59 Å². The van der Waals surface area contributed by atoms with Crippen molar-refractivity contribution in [2.45, 2.75) is 0 Å². The first-order chi connectivity index (χ1) is 14.9. The summed E-state index contributed by atoms with van der Waals surface area (Å²) in [6.45, 7) is 0. The van der Waals surface area contributed by atoms with E-state index in [0.717, 1.165) is 5.39 Å². The number of nitrogens with two attached hydrogens (primary N) is 1. The van der Waals surface area contributed by atoms with Gasteiger partial charge in [-0.05, 0) is 30.3 Å². The number of thiophene rings is 1. The smallest absolute Gasteiger partial charge is 0.337 e. The van der Waals surface area contributed by atoms with E-state index in [1.807, 2.05) is 12.1 Å². The third kappa shape index (κ3) is 3.71. The number of hydrogen-bond acceptors (Lipinski definition) is 8. The molecule has 0 atom stereocenters. The second kappa shape index (κ2) is 8.11. The number of aromatic nitrogens is 1. The second-order valence-electron chi connectivity index (χ2n) is 6.61. The van der Waals surface area contributed by atoms with Crippen LogP contribution in [0.15, 0.2) is 42.5 Å². The van der Waals surface area contributed by atoms with Crippen LogP contribution in [0.25, 0.3) is 21.1 Å². The fourth-order valence-corrected chi connectivity index (χ4v) is 4.21. The molecule has 2 heterocycles. The molecule has 2 aromatic carbocycles. The Morgan fingerprint density at radius 1 is 1.03 bits per heavy atom. The van der Waals surface area contributed by atoms with E-state index in [1.54, 1.807) is 44.6 Å². The highest BCUT2D eigenvalue weighted by Crippen LogP contribution is 2.38. The van der Waals surface area contributed by atoms with Gasteiger partial charge in [0.2, 0.25) is 0 Å². The van der Waals surface area contributed by atoms with E-state index in [0.29, 0.717) is 49.0 Å². The Bertz CT molecular complexity index is 1330. The predicted molar refractivity (Wildman–Crippen MR) is 120 cm³/mol. The number of nitrogen functional groups attached to an aromatic ring is 1. The van der Waals surface area contributed by atoms with Gasteiger partial charge in [-0.3, -0.25) is 4.79 Å². The number of fused-ring (bicyclic) bond motifs is 2. The van der Waals surface area contributed by atoms with Crippen LogP contribution in [-0.2, 0) is 4.74 Å². The van der Waals surface area contributed by atoms with Gasteiger partial charge in [0, 0.05) is 22.5 Å². The van der Waals surface area contributed by atoms with Crippen LogP contribution in [0.4, 0.5) is 11.4 Å². The van der Waals surface area contributed by atoms with E-state index < -0.39 is 5.97 Å². The van der Waals surface area contributed by atoms with Gasteiger partial charge in [0.05, 0.1) is 38.1 Å². The number of amides is 1. The molecule has 31 heavy (non-hydrogen) atoms. The Balaban J connectivity index is 1.72. The van der Waals surface area contributed by atoms with Gasteiger partial charge in [-0.2, -0.15) is 0 Å². The fourth-order valence-electron chi connectivity index (χ4n) is 3.23. The van der Waals surface area contributed by atoms with Crippen LogP contribution in [0.2, 0.25) is 0 Å². The quantitative estimate of drug-likeness (QED) is 0.452. The minimum Gasteiger partial charge on any atom is -0.493 e. The Morgan fingerprint density at radius 2 is 1.77 bits per heavy atom. The number of benzene rings is 2. The van der Waals surface area contributed by atoms with Crippen LogP contribution in [0, 0.1) is 0 Å². The zero-order valence-electron chi connectivity index (χ0n) is 17.0. The monoisotopic (exact) mass is 437 g/mol. The van der Waals surface area contributed by atoms with Crippen molar-refractivity contribution in [2.75, 3.05) is 32.4 Å². The molecule has 9 heteroatoms. The summed E-state index contributed by atoms with van der Waals surface area (Å²) < 4.78 is 15.4. The summed E-state index contributed by atoms with van der Waals surface area (Å²) >= 11 is 1.19. The van der Waals surface area contributed by atoms with Gasteiger partial charge < -0.3 is 25.3 Å². The fraction of sp³-hybridized carbons (Fsp3) is 0.136. The van der Waals surface area contributed by atoms with Crippen LogP contribution in [0.3, 0.4) is 0 Å². The van der Waals surface area contributed by atoms with Crippen molar-refractivity contribution in [3.05, 3.63) is 52.9 Å². The highest BCUT2D eigenvalue weighted by atomic mass is 32.1. The van der Waals surface area contributed by atoms with Gasteiger partial charge >= 0.3 is 5.97 Å². The molecule has 0 aliphatic heterocycles. The molecule has 0 unspecified atom stereocenters. The zero-order chi connectivity index (χ0) is 22.1. The Labute approximate surface area is 181 Å². The lowest BCUT2D eigenvalue weighted by Gasteiger charge is -2.08. The average Bonchev–Trinajstić information content (AvgIpc) is 3.11. The molecule has 8 nitrogen and oxygen atoms in total. The minimum absolute atomic E-state index is 0.334. The summed E-state index contributed by atoms with van der Waals surface area (Å²) in [7, 11) is 4.42. The number of esters is 1. The van der Waals surface area contributed by atoms with Gasteiger partial charge in [-0.25, -0.2) is 9.78 Å². The predicted octanol–water partition coefficient (Wildman–Crippen LogP) is 4.09. The van der Waals surface area contributed by atoms with Crippen LogP contribution in [0.1, 0.15) is 20.0 Å². The third-order valence-corrected chi connectivity index (χ3v) is 5.88. The molecule has 0 bridgehead atoms. The van der Waals surface area contributed by atoms with Gasteiger partial charge in [0.25, 0.3) is 5.91 Å². The van der Waals surface area contributed by atoms with Gasteiger partial charge in [0.1, 0.15) is 9.71 Å². The lowest BCUT2D eigenvalue weighted by Crippen LogP contribution is -2.12. The van der Waals surface area contributed by atoms with Crippen LogP contribution < -0.4 is 20.5 Å². The first kappa shape index (κ1) is 20.4. The maximum absolute atomic E-state index is 12.9. The first-order valence-electron chi connectivity index (χ1n) is 9.19. The number of nitrogens with zero attached hydrogens (tertiary/aromatic N) is 1. The maximum atomic E-state index is 12.9. The number of rotatable bonds is 5. The normalized spacial score (nSPS) is 10.8. The molecule has 0 saturated heterocycles. The van der Waals surface area contributed by atoms with Crippen molar-refractivity contribution < 1.29 is 23.8 Å². The highest BCUT2D eigenvalue weighted by molar-refractivity contribution is 7.21. The maximum Gasteiger partial charge on any atom is 0.337 e. The topological polar surface area (TPSA) is 113 Å². The van der Waals surface area contributed by atoms with Crippen molar-refractivity contribution in [3.8, 4) is 11.5 Å². The molecule has 158 valence electrons. The Hall–Kier alpha value is -3.85. The Kier molecular flexibility index (Phi) is 5.35. The Morgan fingerprint density at radius 3 is 2.48 bits per heavy atom. The zero-order valence-corrected chi connectivity index (χ0v) is 17.8. The van der Waals surface area contributed by atoms with Gasteiger partial charge in [-0.1, -0.05) is 6.07 Å². The number of carbonyl (C=O) groups is 2. The minimum atomic E-state index is -0.487. The molecule has 0 spiro atoms. The SMILES string of the molecule is COC(=O)c1cccc(NC(=O)c2sc3nc4cc(OC)c(OC)cc4cc3c2N)c1. The number of hydrogen-bond donors (Lipinski definition) is 2. The molecule has 0 fully saturated rings. The number of pyridine rings is 1. The van der Waals surface area contributed by atoms with Gasteiger partial charge in [0.15, 0.2) is 11.5 Å². The first-order valence-corrected chi connectivity index (χ1v) is 10.0. The molecule has 2 aromatic heterocycles. The van der Waals surface area contributed by atoms with Crippen molar-refractivity contribution in [1.82, 2.24) is 4.98 Å². The molecule has 3 N–H and O–H groups in total. The summed E-state index contributed by atoms with van der Waals surface area (Å²) in [5.41, 5.74) is 8.12. The lowest BCUT2D eigenvalue weighted by atomic mass is 10.1. The molecule has 0 aliphatic rings. The summed E-state index contributed by atoms with van der Waals surface area (Å²) in [6, 6.07) is 12.0. The molecular weight excluding hydrogens is 418 g/mol. The van der Waals surface area contributed by atoms with Crippen LogP contribution in [0.5, 0.6) is 11.5 Å². The molecule has 1 amide bonds. The summed E-state index contributed by atoms with van der Waals surface area (Å²) in [5.74, 6) is 0.268. The molecular formula is C22H19N3O5S. The lowest BCUT2D eigenvalue weighted by molar-refractivity contribution is 0.0600. The summed E-state index contributed by atoms with van der Waals surface area (Å²) in [6.07, 6.45) is 0. The molecule has 0 aliphatic carbocycles. The molecule has 4 aromatic rings. The van der Waals surface area contributed by atoms with Crippen LogP contribution >= 0.6 is 11.3 Å². The van der Waals surface area contributed by atoms with Crippen LogP contribution in [-0.4, -0.2) is 38.2 Å². The highest BCUT2D eigenvalue weighted by Gasteiger charge is 2.19. The summed E-state index contributed by atoms with van der Waals surface area (Å²) in [4.78, 5) is 30.2. The molecule has 4 rings (SSSR count). The average molecular weight is 437 g/mol. The van der Waals surface area contributed by atoms with Gasteiger partial charge in [-0.15, -0.1) is 11.3 Å². The number of carbonyl (C=O) groups excluding carboxylic acids is 2. The third-order valence-electron chi connectivity index (χ3n) is 4.77. The number of ether oxygens (including phenoxy) is 3. The van der Waals surface area contributed by atoms with Crippen molar-refractivity contribution >= 4 is 55.7 Å². The standard InChI is InChI=1S/C22H19N3O5S/c1-28-16-9-12-8-14-18(23)19(31-21(14)25-15(12)10-17(16)29-2)20(26)24-13-6-4-5-11(7-13)22(27)30-3/h4-10H,23H2,1-3H3,(H,24,26). The van der Waals surface area contributed by atoms with E-state index in [2.05, 4.69) is 10.3 Å². The number of nitrogens with one attached hydrogen (secondary N) is 1. The summed E-state index contributed by atoms with van der Waals surface area (Å²) in [5, 5.41) is 4.26. The number of methoxy groups -OCH3 is 3. The van der Waals surface area contributed by atoms with E-state index in [-0.39, 0.29) is 5.91 Å². The number of anilines is 2. The van der Waals surface area contributed by atoms with Crippen molar-refractivity contribution in [2.24, 2.45) is 0 Å². The van der Waals surface area contributed by atoms with Crippen molar-refractivity contribution in [1.29, 1.82) is 0 Å². The largest absolute Gasteiger partial charge is 0.493 e. The van der Waals surface area contributed by atoms with E-state index in [4.69, 9.17) is 19.9 Å². The van der Waals surface area contributed by atoms with Crippen molar-refractivity contribution in [3.63, 3.8) is 0 Å². The second-order valence-corrected chi connectivity index (χ2v) is 7.61. The van der Waals surface area contributed by atoms with E-state index >= 15 is 0 Å². The van der Waals surface area contributed by atoms with E-state index in [1.165, 1.54) is 18.4 Å². The molecule has 0 radical (unpaired) electrons. The molecule has 0 saturated carbocycles.